The number of amides is 3. The first-order valence-corrected chi connectivity index (χ1v) is 13.4. The molecule has 1 aromatic carbocycles. The molecule has 4 rings (SSSR count). The molecular weight excluding hydrogens is 534 g/mol. The Morgan fingerprint density at radius 1 is 1.24 bits per heavy atom. The highest BCUT2D eigenvalue weighted by Gasteiger charge is 2.44. The van der Waals surface area contributed by atoms with Crippen molar-refractivity contribution >= 4 is 33.5 Å². The largest absolute Gasteiger partial charge is 0.417 e. The number of β-amino-alcohol motifs (C(OH)–C–C–N with tert-alkyl or cyclic N) is 1. The molecule has 0 bridgehead atoms. The minimum Gasteiger partial charge on any atom is -0.391 e. The normalized spacial score (nSPS) is 21.2. The van der Waals surface area contributed by atoms with E-state index in [1.807, 2.05) is 5.32 Å². The quantitative estimate of drug-likeness (QED) is 0.383. The van der Waals surface area contributed by atoms with Gasteiger partial charge in [0.2, 0.25) is 15.9 Å². The Morgan fingerprint density at radius 3 is 2.45 bits per heavy atom. The second kappa shape index (κ2) is 10.1. The minimum atomic E-state index is -4.81. The van der Waals surface area contributed by atoms with Crippen LogP contribution in [0.1, 0.15) is 30.4 Å². The molecule has 1 aliphatic heterocycles. The van der Waals surface area contributed by atoms with Gasteiger partial charge >= 0.3 is 12.2 Å². The maximum absolute atomic E-state index is 14.0. The van der Waals surface area contributed by atoms with E-state index in [9.17, 15) is 40.7 Å². The second-order valence-corrected chi connectivity index (χ2v) is 11.3. The molecule has 15 heteroatoms. The fraction of sp³-hybridized carbons (Fsp3) is 0.435. The summed E-state index contributed by atoms with van der Waals surface area (Å²) in [7, 11) is -3.35. The van der Waals surface area contributed by atoms with Crippen molar-refractivity contribution in [1.29, 1.82) is 0 Å². The molecule has 206 valence electrons. The number of anilines is 2. The summed E-state index contributed by atoms with van der Waals surface area (Å²) in [6.45, 7) is 0.204. The van der Waals surface area contributed by atoms with Gasteiger partial charge in [-0.05, 0) is 36.6 Å². The number of carbonyl (C=O) groups excluding carboxylic acids is 2. The standard InChI is InChI=1S/C23H25F4N5O5S/c1-38(36,37)29-12-22(6-7-22)13-2-4-15(5-3-13)32-11-16(33)9-18(20(32)34)30-21(35)31-19-17(24)8-14(10-28-19)23(25,26)27/h2-5,8,10,16,18,29,33H,6-7,9,11-12H2,1H3,(H2,28,30,31,35)/t16-,18-/m0/s1. The average molecular weight is 560 g/mol. The maximum atomic E-state index is 14.0. The van der Waals surface area contributed by atoms with Crippen LogP contribution in [-0.2, 0) is 26.4 Å². The number of carbonyl (C=O) groups is 2. The van der Waals surface area contributed by atoms with Crippen molar-refractivity contribution in [3.8, 4) is 0 Å². The third-order valence-electron chi connectivity index (χ3n) is 6.49. The van der Waals surface area contributed by atoms with Crippen LogP contribution in [0.5, 0.6) is 0 Å². The van der Waals surface area contributed by atoms with Gasteiger partial charge < -0.3 is 15.3 Å². The van der Waals surface area contributed by atoms with Gasteiger partial charge in [0.25, 0.3) is 0 Å². The molecule has 0 unspecified atom stereocenters. The lowest BCUT2D eigenvalue weighted by molar-refractivity contribution is -0.138. The highest BCUT2D eigenvalue weighted by atomic mass is 32.2. The Morgan fingerprint density at radius 2 is 1.89 bits per heavy atom. The first-order chi connectivity index (χ1) is 17.7. The lowest BCUT2D eigenvalue weighted by Crippen LogP contribution is -2.57. The Labute approximate surface area is 215 Å². The van der Waals surface area contributed by atoms with Gasteiger partial charge in [0, 0.05) is 30.3 Å². The molecule has 10 nitrogen and oxygen atoms in total. The van der Waals surface area contributed by atoms with Crippen molar-refractivity contribution < 1.29 is 40.7 Å². The number of urea groups is 1. The van der Waals surface area contributed by atoms with E-state index in [1.165, 1.54) is 4.90 Å². The number of aliphatic hydroxyl groups is 1. The number of benzene rings is 1. The fourth-order valence-electron chi connectivity index (χ4n) is 4.26. The molecule has 0 radical (unpaired) electrons. The van der Waals surface area contributed by atoms with E-state index >= 15 is 0 Å². The maximum Gasteiger partial charge on any atom is 0.417 e. The summed E-state index contributed by atoms with van der Waals surface area (Å²) in [5.74, 6) is -2.73. The van der Waals surface area contributed by atoms with E-state index in [-0.39, 0.29) is 31.0 Å². The molecule has 2 atom stereocenters. The Hall–Kier alpha value is -3.30. The van der Waals surface area contributed by atoms with Gasteiger partial charge in [-0.25, -0.2) is 27.3 Å². The van der Waals surface area contributed by atoms with Crippen molar-refractivity contribution in [3.05, 3.63) is 53.5 Å². The van der Waals surface area contributed by atoms with Gasteiger partial charge in [-0.15, -0.1) is 0 Å². The second-order valence-electron chi connectivity index (χ2n) is 9.46. The molecule has 1 saturated heterocycles. The zero-order valence-corrected chi connectivity index (χ0v) is 20.9. The number of rotatable bonds is 7. The monoisotopic (exact) mass is 559 g/mol. The molecule has 1 aliphatic carbocycles. The smallest absolute Gasteiger partial charge is 0.391 e. The molecule has 2 aliphatic rings. The van der Waals surface area contributed by atoms with Crippen LogP contribution in [0, 0.1) is 5.82 Å². The van der Waals surface area contributed by atoms with Gasteiger partial charge in [0.05, 0.1) is 24.5 Å². The Kier molecular flexibility index (Phi) is 7.38. The molecule has 1 aromatic heterocycles. The number of halogens is 4. The van der Waals surface area contributed by atoms with Crippen LogP contribution in [0.4, 0.5) is 33.9 Å². The van der Waals surface area contributed by atoms with Gasteiger partial charge in [-0.2, -0.15) is 13.2 Å². The number of sulfonamides is 1. The van der Waals surface area contributed by atoms with Crippen LogP contribution >= 0.6 is 0 Å². The van der Waals surface area contributed by atoms with E-state index < -0.39 is 57.5 Å². The summed E-state index contributed by atoms with van der Waals surface area (Å²) >= 11 is 0. The zero-order valence-electron chi connectivity index (χ0n) is 20.0. The molecule has 2 aromatic rings. The molecular formula is C23H25F4N5O5S. The number of nitrogens with one attached hydrogen (secondary N) is 3. The summed E-state index contributed by atoms with van der Waals surface area (Å²) in [5.41, 5.74) is -0.321. The number of aliphatic hydroxyl groups excluding tert-OH is 1. The topological polar surface area (TPSA) is 141 Å². The van der Waals surface area contributed by atoms with Gasteiger partial charge in [-0.1, -0.05) is 12.1 Å². The first kappa shape index (κ1) is 27.7. The van der Waals surface area contributed by atoms with Gasteiger partial charge in [-0.3, -0.25) is 10.1 Å². The van der Waals surface area contributed by atoms with Gasteiger partial charge in [0.1, 0.15) is 6.04 Å². The third kappa shape index (κ3) is 6.39. The number of nitrogens with zero attached hydrogens (tertiary/aromatic N) is 2. The van der Waals surface area contributed by atoms with Crippen molar-refractivity contribution in [1.82, 2.24) is 15.0 Å². The molecule has 38 heavy (non-hydrogen) atoms. The lowest BCUT2D eigenvalue weighted by Gasteiger charge is -2.35. The number of pyridine rings is 1. The van der Waals surface area contributed by atoms with E-state index in [0.29, 0.717) is 11.9 Å². The van der Waals surface area contributed by atoms with Crippen molar-refractivity contribution in [2.24, 2.45) is 0 Å². The van der Waals surface area contributed by atoms with Crippen LogP contribution in [0.15, 0.2) is 36.5 Å². The molecule has 2 heterocycles. The molecule has 2 fully saturated rings. The van der Waals surface area contributed by atoms with E-state index in [2.05, 4.69) is 15.0 Å². The van der Waals surface area contributed by atoms with Crippen molar-refractivity contribution in [2.45, 2.75) is 43.0 Å². The summed E-state index contributed by atoms with van der Waals surface area (Å²) < 4.78 is 77.5. The molecule has 1 saturated carbocycles. The highest BCUT2D eigenvalue weighted by molar-refractivity contribution is 7.88. The first-order valence-electron chi connectivity index (χ1n) is 11.5. The van der Waals surface area contributed by atoms with Crippen molar-refractivity contribution in [2.75, 3.05) is 29.6 Å². The van der Waals surface area contributed by atoms with E-state index in [0.717, 1.165) is 24.7 Å². The highest BCUT2D eigenvalue weighted by Crippen LogP contribution is 2.48. The van der Waals surface area contributed by atoms with Crippen LogP contribution in [0.3, 0.4) is 0 Å². The summed E-state index contributed by atoms with van der Waals surface area (Å²) in [6, 6.07) is 4.75. The minimum absolute atomic E-state index is 0.0478. The number of alkyl halides is 3. The van der Waals surface area contributed by atoms with Crippen LogP contribution in [0.2, 0.25) is 0 Å². The number of hydrogen-bond donors (Lipinski definition) is 4. The molecule has 0 spiro atoms. The number of hydrogen-bond acceptors (Lipinski definition) is 6. The van der Waals surface area contributed by atoms with E-state index in [4.69, 9.17) is 0 Å². The summed E-state index contributed by atoms with van der Waals surface area (Å²) in [6.07, 6.45) is -2.91. The van der Waals surface area contributed by atoms with Crippen LogP contribution < -0.4 is 20.3 Å². The Bertz CT molecular complexity index is 1330. The van der Waals surface area contributed by atoms with Crippen molar-refractivity contribution in [3.63, 3.8) is 0 Å². The fourth-order valence-corrected chi connectivity index (χ4v) is 4.80. The summed E-state index contributed by atoms with van der Waals surface area (Å²) in [4.78, 5) is 30.0. The molecule has 4 N–H and O–H groups in total. The van der Waals surface area contributed by atoms with Gasteiger partial charge in [0.15, 0.2) is 11.6 Å². The predicted octanol–water partition coefficient (Wildman–Crippen LogP) is 2.11. The summed E-state index contributed by atoms with van der Waals surface area (Å²) in [5, 5.41) is 14.6. The number of piperidine rings is 1. The third-order valence-corrected chi connectivity index (χ3v) is 7.16. The average Bonchev–Trinajstić information content (AvgIpc) is 3.61. The van der Waals surface area contributed by atoms with Crippen LogP contribution in [0.25, 0.3) is 0 Å². The zero-order chi connectivity index (χ0) is 27.9. The lowest BCUT2D eigenvalue weighted by atomic mass is 9.95. The van der Waals surface area contributed by atoms with E-state index in [1.54, 1.807) is 24.3 Å². The predicted molar refractivity (Wildman–Crippen MR) is 128 cm³/mol. The SMILES string of the molecule is CS(=O)(=O)NCC1(c2ccc(N3C[C@@H](O)C[C@H](NC(=O)Nc4ncc(C(F)(F)F)cc4F)C3=O)cc2)CC1. The number of aromatic nitrogens is 1. The Balaban J connectivity index is 1.42. The molecule has 3 amide bonds. The van der Waals surface area contributed by atoms with Crippen LogP contribution in [-0.4, -0.2) is 61.9 Å².